The Bertz CT molecular complexity index is 971. The zero-order chi connectivity index (χ0) is 18.4. The molecule has 0 radical (unpaired) electrons. The topological polar surface area (TPSA) is 80.7 Å². The Kier molecular flexibility index (Phi) is 4.23. The molecule has 0 amide bonds. The van der Waals surface area contributed by atoms with E-state index in [-0.39, 0.29) is 10.7 Å². The monoisotopic (exact) mass is 378 g/mol. The SMILES string of the molecule is CC1(C)OC(c2ccc(Cl)cc2)=C(c2ccc(S(=O)(=O)O)cc2)C1=O. The van der Waals surface area contributed by atoms with Crippen molar-refractivity contribution in [2.45, 2.75) is 24.3 Å². The van der Waals surface area contributed by atoms with E-state index in [1.54, 1.807) is 38.1 Å². The van der Waals surface area contributed by atoms with Gasteiger partial charge in [0.2, 0.25) is 5.78 Å². The highest BCUT2D eigenvalue weighted by Gasteiger charge is 2.42. The summed E-state index contributed by atoms with van der Waals surface area (Å²) in [6.45, 7) is 3.34. The lowest BCUT2D eigenvalue weighted by molar-refractivity contribution is -0.125. The van der Waals surface area contributed by atoms with Crippen LogP contribution in [0.15, 0.2) is 53.4 Å². The first-order chi connectivity index (χ1) is 11.6. The van der Waals surface area contributed by atoms with E-state index in [0.29, 0.717) is 27.5 Å². The fourth-order valence-corrected chi connectivity index (χ4v) is 3.22. The van der Waals surface area contributed by atoms with Crippen molar-refractivity contribution in [1.29, 1.82) is 0 Å². The van der Waals surface area contributed by atoms with E-state index in [4.69, 9.17) is 20.9 Å². The smallest absolute Gasteiger partial charge is 0.294 e. The highest BCUT2D eigenvalue weighted by molar-refractivity contribution is 7.85. The van der Waals surface area contributed by atoms with Crippen molar-refractivity contribution in [2.24, 2.45) is 0 Å². The number of halogens is 1. The molecule has 130 valence electrons. The second-order valence-electron chi connectivity index (χ2n) is 6.15. The van der Waals surface area contributed by atoms with E-state index in [1.165, 1.54) is 24.3 Å². The number of benzene rings is 2. The van der Waals surface area contributed by atoms with Crippen molar-refractivity contribution in [2.75, 3.05) is 0 Å². The lowest BCUT2D eigenvalue weighted by Gasteiger charge is -2.17. The van der Waals surface area contributed by atoms with Crippen LogP contribution < -0.4 is 0 Å². The molecule has 7 heteroatoms. The summed E-state index contributed by atoms with van der Waals surface area (Å²) in [7, 11) is -4.30. The van der Waals surface area contributed by atoms with E-state index in [0.717, 1.165) is 0 Å². The second kappa shape index (κ2) is 5.98. The maximum Gasteiger partial charge on any atom is 0.294 e. The fourth-order valence-electron chi connectivity index (χ4n) is 2.62. The summed E-state index contributed by atoms with van der Waals surface area (Å²) >= 11 is 5.91. The number of hydrogen-bond donors (Lipinski definition) is 1. The van der Waals surface area contributed by atoms with Crippen LogP contribution >= 0.6 is 11.6 Å². The summed E-state index contributed by atoms with van der Waals surface area (Å²) in [5, 5.41) is 0.562. The number of ketones is 1. The predicted octanol–water partition coefficient (Wildman–Crippen LogP) is 3.83. The third-order valence-corrected chi connectivity index (χ3v) is 5.03. The molecule has 1 aliphatic heterocycles. The van der Waals surface area contributed by atoms with Crippen molar-refractivity contribution in [3.63, 3.8) is 0 Å². The molecule has 0 aromatic heterocycles. The van der Waals surface area contributed by atoms with Gasteiger partial charge in [-0.05, 0) is 55.8 Å². The molecule has 2 aromatic rings. The van der Waals surface area contributed by atoms with Gasteiger partial charge in [-0.25, -0.2) is 0 Å². The van der Waals surface area contributed by atoms with Crippen LogP contribution in [0.4, 0.5) is 0 Å². The van der Waals surface area contributed by atoms with Crippen LogP contribution in [-0.4, -0.2) is 24.4 Å². The molecular weight excluding hydrogens is 364 g/mol. The molecule has 1 aliphatic rings. The van der Waals surface area contributed by atoms with Crippen molar-refractivity contribution >= 4 is 38.8 Å². The van der Waals surface area contributed by atoms with Gasteiger partial charge in [0.1, 0.15) is 5.76 Å². The van der Waals surface area contributed by atoms with Gasteiger partial charge in [0.05, 0.1) is 10.5 Å². The van der Waals surface area contributed by atoms with E-state index in [2.05, 4.69) is 0 Å². The van der Waals surface area contributed by atoms with Crippen molar-refractivity contribution in [3.05, 3.63) is 64.7 Å². The summed E-state index contributed by atoms with van der Waals surface area (Å²) in [6, 6.07) is 12.3. The normalized spacial score (nSPS) is 16.9. The first-order valence-corrected chi connectivity index (χ1v) is 9.23. The molecule has 0 bridgehead atoms. The van der Waals surface area contributed by atoms with Crippen molar-refractivity contribution < 1.29 is 22.5 Å². The van der Waals surface area contributed by atoms with Crippen molar-refractivity contribution in [3.8, 4) is 0 Å². The number of rotatable bonds is 3. The minimum atomic E-state index is -4.30. The highest BCUT2D eigenvalue weighted by Crippen LogP contribution is 2.41. The van der Waals surface area contributed by atoms with E-state index >= 15 is 0 Å². The number of hydrogen-bond acceptors (Lipinski definition) is 4. The summed E-state index contributed by atoms with van der Waals surface area (Å²) < 4.78 is 37.3. The zero-order valence-corrected chi connectivity index (χ0v) is 15.1. The second-order valence-corrected chi connectivity index (χ2v) is 8.01. The molecule has 0 fully saturated rings. The predicted molar refractivity (Wildman–Crippen MR) is 94.7 cm³/mol. The molecule has 5 nitrogen and oxygen atoms in total. The molecule has 2 aromatic carbocycles. The first-order valence-electron chi connectivity index (χ1n) is 7.41. The van der Waals surface area contributed by atoms with Gasteiger partial charge in [-0.3, -0.25) is 9.35 Å². The summed E-state index contributed by atoms with van der Waals surface area (Å²) in [5.41, 5.74) is 0.519. The average molecular weight is 379 g/mol. The van der Waals surface area contributed by atoms with Crippen molar-refractivity contribution in [1.82, 2.24) is 0 Å². The minimum Gasteiger partial charge on any atom is -0.478 e. The average Bonchev–Trinajstić information content (AvgIpc) is 2.78. The number of ether oxygens (including phenoxy) is 1. The maximum absolute atomic E-state index is 12.8. The van der Waals surface area contributed by atoms with Crippen LogP contribution in [0.3, 0.4) is 0 Å². The minimum absolute atomic E-state index is 0.211. The molecule has 1 N–H and O–H groups in total. The van der Waals surface area contributed by atoms with E-state index < -0.39 is 15.7 Å². The van der Waals surface area contributed by atoms with Gasteiger partial charge >= 0.3 is 0 Å². The van der Waals surface area contributed by atoms with Gasteiger partial charge in [0.25, 0.3) is 10.1 Å². The largest absolute Gasteiger partial charge is 0.478 e. The number of carbonyl (C=O) groups excluding carboxylic acids is 1. The van der Waals surface area contributed by atoms with Gasteiger partial charge in [-0.15, -0.1) is 0 Å². The van der Waals surface area contributed by atoms with Gasteiger partial charge in [0, 0.05) is 10.6 Å². The van der Waals surface area contributed by atoms with Gasteiger partial charge < -0.3 is 4.74 Å². The first kappa shape index (κ1) is 17.7. The third-order valence-electron chi connectivity index (χ3n) is 3.91. The number of Topliss-reactive ketones (excluding diaryl/α,β-unsaturated/α-hetero) is 1. The van der Waals surface area contributed by atoms with Crippen LogP contribution in [0, 0.1) is 0 Å². The molecule has 0 spiro atoms. The third kappa shape index (κ3) is 3.33. The lowest BCUT2D eigenvalue weighted by atomic mass is 9.93. The van der Waals surface area contributed by atoms with Crippen LogP contribution in [0.1, 0.15) is 25.0 Å². The Morgan fingerprint density at radius 3 is 2.00 bits per heavy atom. The summed E-state index contributed by atoms with van der Waals surface area (Å²) in [5.74, 6) is 0.198. The summed E-state index contributed by atoms with van der Waals surface area (Å²) in [6.07, 6.45) is 0. The molecule has 0 aliphatic carbocycles. The summed E-state index contributed by atoms with van der Waals surface area (Å²) in [4.78, 5) is 12.5. The molecular formula is C18H15ClO5S. The molecule has 1 heterocycles. The molecule has 0 atom stereocenters. The Labute approximate surface area is 150 Å². The Hall–Kier alpha value is -2.15. The Morgan fingerprint density at radius 2 is 1.48 bits per heavy atom. The van der Waals surface area contributed by atoms with Gasteiger partial charge in [0.15, 0.2) is 5.60 Å². The molecule has 3 rings (SSSR count). The fraction of sp³-hybridized carbons (Fsp3) is 0.167. The van der Waals surface area contributed by atoms with Crippen LogP contribution in [-0.2, 0) is 19.6 Å². The van der Waals surface area contributed by atoms with Gasteiger partial charge in [-0.2, -0.15) is 8.42 Å². The molecule has 0 saturated carbocycles. The molecule has 0 unspecified atom stereocenters. The zero-order valence-electron chi connectivity index (χ0n) is 13.5. The lowest BCUT2D eigenvalue weighted by Crippen LogP contribution is -2.29. The molecule has 25 heavy (non-hydrogen) atoms. The molecule has 0 saturated heterocycles. The Morgan fingerprint density at radius 1 is 0.960 bits per heavy atom. The van der Waals surface area contributed by atoms with Crippen LogP contribution in [0.2, 0.25) is 5.02 Å². The van der Waals surface area contributed by atoms with Gasteiger partial charge in [-0.1, -0.05) is 23.7 Å². The van der Waals surface area contributed by atoms with Crippen LogP contribution in [0.25, 0.3) is 11.3 Å². The quantitative estimate of drug-likeness (QED) is 0.821. The van der Waals surface area contributed by atoms with E-state index in [9.17, 15) is 13.2 Å². The van der Waals surface area contributed by atoms with E-state index in [1.807, 2.05) is 0 Å². The van der Waals surface area contributed by atoms with Crippen LogP contribution in [0.5, 0.6) is 0 Å². The standard InChI is InChI=1S/C18H15ClO5S/c1-18(2)17(20)15(11-5-9-14(10-6-11)25(21,22)23)16(24-18)12-3-7-13(19)8-4-12/h3-10H,1-2H3,(H,21,22,23). The highest BCUT2D eigenvalue weighted by atomic mass is 35.5. The Balaban J connectivity index is 2.15. The number of carbonyl (C=O) groups is 1. The maximum atomic E-state index is 12.8.